The summed E-state index contributed by atoms with van der Waals surface area (Å²) in [6, 6.07) is 13.5. The molecule has 0 unspecified atom stereocenters. The van der Waals surface area contributed by atoms with E-state index in [0.717, 1.165) is 21.7 Å². The first-order chi connectivity index (χ1) is 15.8. The highest BCUT2D eigenvalue weighted by atomic mass is 32.2. The van der Waals surface area contributed by atoms with E-state index in [1.807, 2.05) is 18.2 Å². The summed E-state index contributed by atoms with van der Waals surface area (Å²) in [7, 11) is -0.726. The molecule has 0 saturated carbocycles. The molecule has 34 heavy (non-hydrogen) atoms. The molecule has 2 rings (SSSR count). The second-order valence-corrected chi connectivity index (χ2v) is 11.1. The van der Waals surface area contributed by atoms with Crippen LogP contribution >= 0.6 is 0 Å². The quantitative estimate of drug-likeness (QED) is 0.584. The Hall–Kier alpha value is -3.07. The molecule has 2 aromatic carbocycles. The molecule has 186 valence electrons. The van der Waals surface area contributed by atoms with Crippen LogP contribution in [0.4, 0.5) is 5.69 Å². The third kappa shape index (κ3) is 6.96. The topological polar surface area (TPSA) is 96.0 Å². The minimum atomic E-state index is -3.76. The molecule has 0 saturated heterocycles. The third-order valence-electron chi connectivity index (χ3n) is 5.60. The number of sulfonamides is 1. The lowest BCUT2D eigenvalue weighted by molar-refractivity contribution is -0.139. The van der Waals surface area contributed by atoms with Crippen molar-refractivity contribution >= 4 is 27.5 Å². The van der Waals surface area contributed by atoms with Crippen LogP contribution in [0.2, 0.25) is 0 Å². The largest absolute Gasteiger partial charge is 0.497 e. The molecule has 0 aromatic heterocycles. The van der Waals surface area contributed by atoms with Crippen molar-refractivity contribution < 1.29 is 22.7 Å². The Bertz CT molecular complexity index is 1110. The van der Waals surface area contributed by atoms with Gasteiger partial charge in [0.25, 0.3) is 0 Å². The summed E-state index contributed by atoms with van der Waals surface area (Å²) in [6.45, 7) is 7.49. The molecule has 2 amide bonds. The van der Waals surface area contributed by atoms with Crippen molar-refractivity contribution in [2.24, 2.45) is 0 Å². The monoisotopic (exact) mass is 489 g/mol. The Morgan fingerprint density at radius 3 is 2.21 bits per heavy atom. The highest BCUT2D eigenvalue weighted by Gasteiger charge is 2.30. The van der Waals surface area contributed by atoms with Crippen LogP contribution in [0.5, 0.6) is 5.75 Å². The highest BCUT2D eigenvalue weighted by molar-refractivity contribution is 7.92. The number of hydrogen-bond donors (Lipinski definition) is 1. The Balaban J connectivity index is 2.39. The molecular formula is C25H35N3O5S. The number of anilines is 1. The molecule has 1 atom stereocenters. The van der Waals surface area contributed by atoms with E-state index >= 15 is 0 Å². The van der Waals surface area contributed by atoms with Crippen LogP contribution in [0.3, 0.4) is 0 Å². The highest BCUT2D eigenvalue weighted by Crippen LogP contribution is 2.26. The minimum absolute atomic E-state index is 0.0965. The number of carbonyl (C=O) groups is 2. The second kappa shape index (κ2) is 10.9. The molecule has 1 N–H and O–H groups in total. The van der Waals surface area contributed by atoms with E-state index in [1.54, 1.807) is 44.4 Å². The van der Waals surface area contributed by atoms with Crippen LogP contribution in [-0.2, 0) is 31.6 Å². The normalized spacial score (nSPS) is 12.6. The van der Waals surface area contributed by atoms with Crippen LogP contribution in [-0.4, -0.2) is 58.1 Å². The average molecular weight is 490 g/mol. The van der Waals surface area contributed by atoms with E-state index in [0.29, 0.717) is 11.4 Å². The molecule has 9 heteroatoms. The molecule has 2 aromatic rings. The van der Waals surface area contributed by atoms with Gasteiger partial charge in [0, 0.05) is 13.6 Å². The van der Waals surface area contributed by atoms with Gasteiger partial charge in [-0.05, 0) is 47.7 Å². The number of methoxy groups -OCH3 is 1. The van der Waals surface area contributed by atoms with Gasteiger partial charge in [-0.1, -0.05) is 45.0 Å². The number of ether oxygens (including phenoxy) is 1. The number of hydrogen-bond acceptors (Lipinski definition) is 5. The van der Waals surface area contributed by atoms with Crippen molar-refractivity contribution in [1.29, 1.82) is 0 Å². The van der Waals surface area contributed by atoms with Crippen molar-refractivity contribution in [2.45, 2.75) is 45.7 Å². The van der Waals surface area contributed by atoms with Gasteiger partial charge in [0.05, 0.1) is 19.1 Å². The van der Waals surface area contributed by atoms with Crippen molar-refractivity contribution in [3.63, 3.8) is 0 Å². The molecule has 0 heterocycles. The zero-order chi connectivity index (χ0) is 25.7. The third-order valence-corrected chi connectivity index (χ3v) is 6.74. The Labute approximate surface area is 202 Å². The summed E-state index contributed by atoms with van der Waals surface area (Å²) < 4.78 is 31.6. The van der Waals surface area contributed by atoms with Crippen LogP contribution in [0.15, 0.2) is 48.5 Å². The average Bonchev–Trinajstić information content (AvgIpc) is 2.78. The maximum atomic E-state index is 13.4. The van der Waals surface area contributed by atoms with Crippen LogP contribution in [0, 0.1) is 0 Å². The molecule has 8 nitrogen and oxygen atoms in total. The van der Waals surface area contributed by atoms with Gasteiger partial charge in [0.1, 0.15) is 18.3 Å². The molecule has 0 aliphatic rings. The maximum Gasteiger partial charge on any atom is 0.244 e. The van der Waals surface area contributed by atoms with Gasteiger partial charge in [-0.2, -0.15) is 0 Å². The molecular weight excluding hydrogens is 454 g/mol. The number of likely N-dealkylation sites (N-methyl/N-ethyl adjacent to an activating group) is 1. The number of nitrogens with zero attached hydrogens (tertiary/aromatic N) is 2. The summed E-state index contributed by atoms with van der Waals surface area (Å²) in [5, 5.41) is 2.55. The van der Waals surface area contributed by atoms with E-state index in [1.165, 1.54) is 11.9 Å². The van der Waals surface area contributed by atoms with E-state index in [4.69, 9.17) is 4.74 Å². The minimum Gasteiger partial charge on any atom is -0.497 e. The van der Waals surface area contributed by atoms with Crippen molar-refractivity contribution in [2.75, 3.05) is 31.3 Å². The fraction of sp³-hybridized carbons (Fsp3) is 0.440. The zero-order valence-electron chi connectivity index (χ0n) is 21.0. The Kier molecular flexibility index (Phi) is 8.72. The maximum absolute atomic E-state index is 13.4. The smallest absolute Gasteiger partial charge is 0.244 e. The summed E-state index contributed by atoms with van der Waals surface area (Å²) in [5.41, 5.74) is 2.09. The molecule has 0 bridgehead atoms. The summed E-state index contributed by atoms with van der Waals surface area (Å²) in [5.74, 6) is -0.227. The van der Waals surface area contributed by atoms with Gasteiger partial charge in [-0.15, -0.1) is 0 Å². The van der Waals surface area contributed by atoms with Crippen LogP contribution in [0.1, 0.15) is 38.8 Å². The van der Waals surface area contributed by atoms with E-state index in [2.05, 4.69) is 26.1 Å². The van der Waals surface area contributed by atoms with Gasteiger partial charge in [-0.25, -0.2) is 8.42 Å². The van der Waals surface area contributed by atoms with Gasteiger partial charge < -0.3 is 15.0 Å². The number of nitrogens with one attached hydrogen (secondary N) is 1. The SMILES string of the molecule is CNC(=O)[C@H](C)N(Cc1cccc(OC)c1)C(=O)CN(c1ccc(C(C)(C)C)cc1)S(C)(=O)=O. The predicted octanol–water partition coefficient (Wildman–Crippen LogP) is 2.92. The van der Waals surface area contributed by atoms with Gasteiger partial charge in [-0.3, -0.25) is 13.9 Å². The number of carbonyl (C=O) groups excluding carboxylic acids is 2. The van der Waals surface area contributed by atoms with E-state index < -0.39 is 28.5 Å². The lowest BCUT2D eigenvalue weighted by Crippen LogP contribution is -2.50. The fourth-order valence-corrected chi connectivity index (χ4v) is 4.35. The summed E-state index contributed by atoms with van der Waals surface area (Å²) >= 11 is 0. The number of amides is 2. The first-order valence-electron chi connectivity index (χ1n) is 11.0. The van der Waals surface area contributed by atoms with Gasteiger partial charge in [0.2, 0.25) is 21.8 Å². The molecule has 0 radical (unpaired) electrons. The molecule has 0 aliphatic carbocycles. The van der Waals surface area contributed by atoms with Crippen molar-refractivity contribution in [1.82, 2.24) is 10.2 Å². The fourth-order valence-electron chi connectivity index (χ4n) is 3.50. The van der Waals surface area contributed by atoms with E-state index in [-0.39, 0.29) is 17.9 Å². The molecule has 0 aliphatic heterocycles. The first-order valence-corrected chi connectivity index (χ1v) is 12.8. The van der Waals surface area contributed by atoms with Gasteiger partial charge >= 0.3 is 0 Å². The Morgan fingerprint density at radius 2 is 1.71 bits per heavy atom. The number of benzene rings is 2. The van der Waals surface area contributed by atoms with E-state index in [9.17, 15) is 18.0 Å². The van der Waals surface area contributed by atoms with Gasteiger partial charge in [0.15, 0.2) is 0 Å². The van der Waals surface area contributed by atoms with Crippen LogP contribution in [0.25, 0.3) is 0 Å². The molecule has 0 spiro atoms. The number of rotatable bonds is 9. The zero-order valence-corrected chi connectivity index (χ0v) is 21.8. The standard InChI is InChI=1S/C25H35N3O5S/c1-18(24(30)26-5)27(16-19-9-8-10-22(15-19)33-6)23(29)17-28(34(7,31)32)21-13-11-20(12-14-21)25(2,3)4/h8-15,18H,16-17H2,1-7H3,(H,26,30)/t18-/m0/s1. The van der Waals surface area contributed by atoms with Crippen molar-refractivity contribution in [3.8, 4) is 5.75 Å². The Morgan fingerprint density at radius 1 is 1.09 bits per heavy atom. The van der Waals surface area contributed by atoms with Crippen molar-refractivity contribution in [3.05, 3.63) is 59.7 Å². The summed E-state index contributed by atoms with van der Waals surface area (Å²) in [6.07, 6.45) is 1.06. The molecule has 0 fully saturated rings. The first kappa shape index (κ1) is 27.2. The summed E-state index contributed by atoms with van der Waals surface area (Å²) in [4.78, 5) is 27.2. The predicted molar refractivity (Wildman–Crippen MR) is 134 cm³/mol. The lowest BCUT2D eigenvalue weighted by Gasteiger charge is -2.31. The van der Waals surface area contributed by atoms with Crippen LogP contribution < -0.4 is 14.4 Å². The lowest BCUT2D eigenvalue weighted by atomic mass is 9.87. The second-order valence-electron chi connectivity index (χ2n) is 9.23.